The van der Waals surface area contributed by atoms with Crippen LogP contribution in [0.3, 0.4) is 0 Å². The molecule has 4 heterocycles. The molecule has 0 aliphatic carbocycles. The van der Waals surface area contributed by atoms with E-state index in [4.69, 9.17) is 0 Å². The van der Waals surface area contributed by atoms with Crippen LogP contribution in [0.1, 0.15) is 11.6 Å². The lowest BCUT2D eigenvalue weighted by molar-refractivity contribution is -0.122. The van der Waals surface area contributed by atoms with Gasteiger partial charge in [-0.25, -0.2) is 15.0 Å². The molecule has 0 saturated carbocycles. The van der Waals surface area contributed by atoms with Gasteiger partial charge in [-0.2, -0.15) is 0 Å². The van der Waals surface area contributed by atoms with Crippen LogP contribution in [0.4, 0.5) is 10.9 Å². The van der Waals surface area contributed by atoms with E-state index in [1.165, 1.54) is 11.3 Å². The lowest BCUT2D eigenvalue weighted by atomic mass is 10.0. The van der Waals surface area contributed by atoms with Crippen molar-refractivity contribution in [1.29, 1.82) is 0 Å². The Balaban J connectivity index is 1.36. The predicted octanol–water partition coefficient (Wildman–Crippen LogP) is 5.19. The maximum absolute atomic E-state index is 11.5. The summed E-state index contributed by atoms with van der Waals surface area (Å²) in [6.45, 7) is 2.49. The van der Waals surface area contributed by atoms with Gasteiger partial charge in [-0.3, -0.25) is 4.79 Å². The van der Waals surface area contributed by atoms with Crippen molar-refractivity contribution in [1.82, 2.24) is 24.8 Å². The van der Waals surface area contributed by atoms with E-state index in [0.29, 0.717) is 0 Å². The highest BCUT2D eigenvalue weighted by Gasteiger charge is 2.25. The summed E-state index contributed by atoms with van der Waals surface area (Å²) in [5, 5.41) is 4.11. The molecule has 0 bridgehead atoms. The smallest absolute Gasteiger partial charge is 0.210 e. The minimum Gasteiger partial charge on any atom is -0.336 e. The fraction of sp³-hybridized carbons (Fsp3) is 0.217. The Kier molecular flexibility index (Phi) is 6.59. The van der Waals surface area contributed by atoms with Crippen molar-refractivity contribution in [2.75, 3.05) is 32.0 Å². The van der Waals surface area contributed by atoms with Crippen LogP contribution in [-0.2, 0) is 4.79 Å². The number of carbonyl (C=O) groups is 1. The summed E-state index contributed by atoms with van der Waals surface area (Å²) in [7, 11) is 2.09. The quantitative estimate of drug-likeness (QED) is 0.337. The van der Waals surface area contributed by atoms with Crippen molar-refractivity contribution in [3.8, 4) is 0 Å². The number of likely N-dealkylation sites (N-methyl/N-ethyl adjacent to an activating group) is 1. The summed E-state index contributed by atoms with van der Waals surface area (Å²) in [6, 6.07) is 14.4. The van der Waals surface area contributed by atoms with Gasteiger partial charge in [0.2, 0.25) is 6.41 Å². The Morgan fingerprint density at radius 1 is 1.21 bits per heavy atom. The first-order chi connectivity index (χ1) is 16.1. The van der Waals surface area contributed by atoms with Crippen LogP contribution in [0.15, 0.2) is 69.1 Å². The zero-order valence-electron chi connectivity index (χ0n) is 17.8. The van der Waals surface area contributed by atoms with Gasteiger partial charge >= 0.3 is 0 Å². The molecule has 168 valence electrons. The highest BCUT2D eigenvalue weighted by molar-refractivity contribution is 9.10. The SMILES string of the molecule is CN1CCN(C=O)C(c2ccc(Sc3cc(Br)cnc3Nc3nc4cccnc4s3)cc2)C1. The number of aromatic nitrogens is 3. The van der Waals surface area contributed by atoms with E-state index in [2.05, 4.69) is 72.4 Å². The van der Waals surface area contributed by atoms with Crippen LogP contribution in [-0.4, -0.2) is 57.8 Å². The summed E-state index contributed by atoms with van der Waals surface area (Å²) < 4.78 is 0.907. The number of carbonyl (C=O) groups excluding carboxylic acids is 1. The molecule has 3 aromatic heterocycles. The van der Waals surface area contributed by atoms with Crippen LogP contribution in [0.25, 0.3) is 10.3 Å². The van der Waals surface area contributed by atoms with Gasteiger partial charge in [-0.05, 0) is 58.9 Å². The molecule has 1 aliphatic heterocycles. The second-order valence-corrected chi connectivity index (χ2v) is 10.8. The van der Waals surface area contributed by atoms with E-state index in [0.717, 1.165) is 67.2 Å². The average Bonchev–Trinajstić information content (AvgIpc) is 3.24. The molecule has 10 heteroatoms. The van der Waals surface area contributed by atoms with Crippen molar-refractivity contribution < 1.29 is 4.79 Å². The fourth-order valence-corrected chi connectivity index (χ4v) is 5.96. The molecule has 1 fully saturated rings. The number of piperazine rings is 1. The molecule has 1 aromatic carbocycles. The molecule has 7 nitrogen and oxygen atoms in total. The van der Waals surface area contributed by atoms with Gasteiger partial charge in [0.1, 0.15) is 16.2 Å². The monoisotopic (exact) mass is 540 g/mol. The van der Waals surface area contributed by atoms with Gasteiger partial charge in [0.15, 0.2) is 5.13 Å². The molecule has 5 rings (SSSR count). The molecule has 4 aromatic rings. The molecular weight excluding hydrogens is 520 g/mol. The molecule has 1 amide bonds. The molecule has 1 saturated heterocycles. The molecule has 0 spiro atoms. The number of benzene rings is 1. The third kappa shape index (κ3) is 5.03. The zero-order valence-corrected chi connectivity index (χ0v) is 21.0. The van der Waals surface area contributed by atoms with Crippen molar-refractivity contribution in [3.05, 3.63) is 64.9 Å². The highest BCUT2D eigenvalue weighted by Crippen LogP contribution is 2.37. The molecule has 1 atom stereocenters. The van der Waals surface area contributed by atoms with Gasteiger partial charge in [0, 0.05) is 41.4 Å². The summed E-state index contributed by atoms with van der Waals surface area (Å²) in [4.78, 5) is 32.2. The van der Waals surface area contributed by atoms with Crippen molar-refractivity contribution in [2.45, 2.75) is 15.8 Å². The Morgan fingerprint density at radius 3 is 2.85 bits per heavy atom. The number of anilines is 2. The van der Waals surface area contributed by atoms with Crippen molar-refractivity contribution in [3.63, 3.8) is 0 Å². The predicted molar refractivity (Wildman–Crippen MR) is 136 cm³/mol. The second-order valence-electron chi connectivity index (χ2n) is 7.76. The van der Waals surface area contributed by atoms with E-state index in [1.807, 2.05) is 23.1 Å². The number of nitrogens with zero attached hydrogens (tertiary/aromatic N) is 5. The lowest BCUT2D eigenvalue weighted by Gasteiger charge is -2.38. The van der Waals surface area contributed by atoms with Crippen molar-refractivity contribution in [2.24, 2.45) is 0 Å². The fourth-order valence-electron chi connectivity index (χ4n) is 3.76. The third-order valence-corrected chi connectivity index (χ3v) is 7.83. The number of rotatable bonds is 6. The third-order valence-electron chi connectivity index (χ3n) is 5.46. The van der Waals surface area contributed by atoms with Crippen LogP contribution >= 0.6 is 39.0 Å². The number of halogens is 1. The minimum atomic E-state index is 0.0812. The summed E-state index contributed by atoms with van der Waals surface area (Å²) >= 11 is 6.67. The zero-order chi connectivity index (χ0) is 22.8. The topological polar surface area (TPSA) is 74.2 Å². The minimum absolute atomic E-state index is 0.0812. The van der Waals surface area contributed by atoms with E-state index in [1.54, 1.807) is 24.2 Å². The normalized spacial score (nSPS) is 16.8. The second kappa shape index (κ2) is 9.76. The summed E-state index contributed by atoms with van der Waals surface area (Å²) in [5.74, 6) is 0.743. The van der Waals surface area contributed by atoms with E-state index in [-0.39, 0.29) is 6.04 Å². The maximum Gasteiger partial charge on any atom is 0.210 e. The Morgan fingerprint density at radius 2 is 2.06 bits per heavy atom. The molecule has 1 N–H and O–H groups in total. The first kappa shape index (κ1) is 22.3. The van der Waals surface area contributed by atoms with Gasteiger partial charge in [-0.1, -0.05) is 35.2 Å². The number of hydrogen-bond donors (Lipinski definition) is 1. The average molecular weight is 542 g/mol. The van der Waals surface area contributed by atoms with E-state index < -0.39 is 0 Å². The van der Waals surface area contributed by atoms with Crippen LogP contribution < -0.4 is 5.32 Å². The first-order valence-electron chi connectivity index (χ1n) is 10.4. The Labute approximate surface area is 208 Å². The van der Waals surface area contributed by atoms with Gasteiger partial charge in [-0.15, -0.1) is 0 Å². The number of amides is 1. The molecule has 1 aliphatic rings. The van der Waals surface area contributed by atoms with Crippen LogP contribution in [0.2, 0.25) is 0 Å². The van der Waals surface area contributed by atoms with E-state index >= 15 is 0 Å². The Bertz CT molecular complexity index is 1250. The summed E-state index contributed by atoms with van der Waals surface area (Å²) in [6.07, 6.45) is 4.50. The largest absolute Gasteiger partial charge is 0.336 e. The molecular formula is C23H21BrN6OS2. The molecule has 33 heavy (non-hydrogen) atoms. The highest BCUT2D eigenvalue weighted by atomic mass is 79.9. The van der Waals surface area contributed by atoms with Gasteiger partial charge < -0.3 is 15.1 Å². The molecule has 0 radical (unpaired) electrons. The number of hydrogen-bond acceptors (Lipinski definition) is 8. The van der Waals surface area contributed by atoms with E-state index in [9.17, 15) is 4.79 Å². The first-order valence-corrected chi connectivity index (χ1v) is 12.8. The van der Waals surface area contributed by atoms with Crippen molar-refractivity contribution >= 4 is 66.7 Å². The number of fused-ring (bicyclic) bond motifs is 1. The number of thiazole rings is 1. The number of pyridine rings is 2. The summed E-state index contributed by atoms with van der Waals surface area (Å²) in [5.41, 5.74) is 2.01. The standard InChI is InChI=1S/C23H21BrN6OS2/c1-29-9-10-30(14-31)19(13-29)15-4-6-17(7-5-15)32-20-11-16(24)12-26-21(20)28-23-27-18-3-2-8-25-22(18)33-23/h2-8,11-12,14,19H,9-10,13H2,1H3,(H,26,27,28). The lowest BCUT2D eigenvalue weighted by Crippen LogP contribution is -2.46. The Hall–Kier alpha value is -2.53. The van der Waals surface area contributed by atoms with Gasteiger partial charge in [0.05, 0.1) is 10.9 Å². The van der Waals surface area contributed by atoms with Crippen LogP contribution in [0, 0.1) is 0 Å². The molecule has 1 unspecified atom stereocenters. The van der Waals surface area contributed by atoms with Gasteiger partial charge in [0.25, 0.3) is 0 Å². The van der Waals surface area contributed by atoms with Crippen LogP contribution in [0.5, 0.6) is 0 Å². The number of nitrogens with one attached hydrogen (secondary N) is 1. The maximum atomic E-state index is 11.5.